The first-order chi connectivity index (χ1) is 15.4. The third-order valence-electron chi connectivity index (χ3n) is 9.48. The number of rotatable bonds is 5. The largest absolute Gasteiger partial charge is 0.450 e. The standard InChI is InChI=1S/C27H35FO5/c1-6-7-8-23(32)33-27(17(3)29)16(2)13-21-20-10-9-18-14-19(30)11-12-24(18,4)26(20,28)22(31)15-25(21,27)5/h11-12,14,16,20-21H,6-10,13,15H2,1-5H3/t16?,20-,21-,24-,25-,26-,27-/m0/s1. The molecule has 180 valence electrons. The number of unbranched alkanes of at least 4 members (excludes halogenated alkanes) is 1. The molecule has 1 unspecified atom stereocenters. The second-order valence-corrected chi connectivity index (χ2v) is 11.1. The number of Topliss-reactive ketones (excluding diaryl/α,β-unsaturated/α-hetero) is 2. The lowest BCUT2D eigenvalue weighted by atomic mass is 9.45. The predicted molar refractivity (Wildman–Crippen MR) is 121 cm³/mol. The molecular formula is C27H35FO5. The van der Waals surface area contributed by atoms with E-state index in [0.29, 0.717) is 31.3 Å². The van der Waals surface area contributed by atoms with Gasteiger partial charge in [-0.15, -0.1) is 0 Å². The van der Waals surface area contributed by atoms with E-state index in [1.807, 2.05) is 20.8 Å². The molecule has 7 atom stereocenters. The van der Waals surface area contributed by atoms with E-state index in [1.165, 1.54) is 19.1 Å². The summed E-state index contributed by atoms with van der Waals surface area (Å²) >= 11 is 0. The van der Waals surface area contributed by atoms with Crippen LogP contribution in [0.3, 0.4) is 0 Å². The van der Waals surface area contributed by atoms with Gasteiger partial charge >= 0.3 is 5.97 Å². The van der Waals surface area contributed by atoms with Gasteiger partial charge in [0, 0.05) is 35.5 Å². The molecule has 33 heavy (non-hydrogen) atoms. The maximum absolute atomic E-state index is 17.1. The van der Waals surface area contributed by atoms with Crippen LogP contribution in [0.4, 0.5) is 4.39 Å². The Kier molecular flexibility index (Phi) is 5.61. The first-order valence-corrected chi connectivity index (χ1v) is 12.3. The average molecular weight is 459 g/mol. The minimum atomic E-state index is -2.16. The SMILES string of the molecule is CCCCC(=O)O[C@]1(C(C)=O)C(C)C[C@H]2[C@@H]3CCC4=CC(=O)C=C[C@]4(C)[C@@]3(F)C(=O)C[C@@]21C. The number of carbonyl (C=O) groups excluding carboxylic acids is 4. The fourth-order valence-corrected chi connectivity index (χ4v) is 7.85. The Morgan fingerprint density at radius 1 is 1.21 bits per heavy atom. The number of allylic oxidation sites excluding steroid dienone is 4. The van der Waals surface area contributed by atoms with Crippen molar-refractivity contribution < 1.29 is 28.3 Å². The molecule has 4 rings (SSSR count). The zero-order valence-corrected chi connectivity index (χ0v) is 20.3. The summed E-state index contributed by atoms with van der Waals surface area (Å²) in [6.45, 7) is 8.86. The van der Waals surface area contributed by atoms with Gasteiger partial charge in [0.1, 0.15) is 0 Å². The summed E-state index contributed by atoms with van der Waals surface area (Å²) in [6, 6.07) is 0. The van der Waals surface area contributed by atoms with Gasteiger partial charge in [0.15, 0.2) is 28.6 Å². The number of ketones is 3. The van der Waals surface area contributed by atoms with Gasteiger partial charge in [0.25, 0.3) is 0 Å². The van der Waals surface area contributed by atoms with Crippen LogP contribution in [0.15, 0.2) is 23.8 Å². The van der Waals surface area contributed by atoms with E-state index < -0.39 is 39.8 Å². The lowest BCUT2D eigenvalue weighted by Gasteiger charge is -2.59. The molecule has 5 nitrogen and oxygen atoms in total. The van der Waals surface area contributed by atoms with Crippen molar-refractivity contribution in [2.45, 2.75) is 90.8 Å². The molecule has 6 heteroatoms. The van der Waals surface area contributed by atoms with Gasteiger partial charge in [0.2, 0.25) is 0 Å². The Morgan fingerprint density at radius 2 is 1.91 bits per heavy atom. The number of alkyl halides is 1. The molecule has 0 bridgehead atoms. The van der Waals surface area contributed by atoms with Gasteiger partial charge in [-0.1, -0.05) is 38.8 Å². The zero-order valence-electron chi connectivity index (χ0n) is 20.3. The van der Waals surface area contributed by atoms with Crippen molar-refractivity contribution in [1.82, 2.24) is 0 Å². The number of carbonyl (C=O) groups is 4. The summed E-state index contributed by atoms with van der Waals surface area (Å²) in [5, 5.41) is 0. The van der Waals surface area contributed by atoms with Crippen LogP contribution in [0.1, 0.15) is 79.6 Å². The summed E-state index contributed by atoms with van der Waals surface area (Å²) in [5.41, 5.74) is -5.07. The van der Waals surface area contributed by atoms with E-state index in [4.69, 9.17) is 4.74 Å². The van der Waals surface area contributed by atoms with Crippen molar-refractivity contribution in [2.75, 3.05) is 0 Å². The monoisotopic (exact) mass is 458 g/mol. The Hall–Kier alpha value is -2.11. The molecule has 4 aliphatic carbocycles. The number of ether oxygens (including phenoxy) is 1. The Balaban J connectivity index is 1.79. The van der Waals surface area contributed by atoms with Crippen LogP contribution >= 0.6 is 0 Å². The van der Waals surface area contributed by atoms with E-state index >= 15 is 4.39 Å². The van der Waals surface area contributed by atoms with E-state index in [2.05, 4.69) is 0 Å². The minimum absolute atomic E-state index is 0.166. The van der Waals surface area contributed by atoms with Crippen molar-refractivity contribution in [3.05, 3.63) is 23.8 Å². The summed E-state index contributed by atoms with van der Waals surface area (Å²) in [6.07, 6.45) is 7.41. The highest BCUT2D eigenvalue weighted by molar-refractivity contribution is 6.03. The second kappa shape index (κ2) is 7.71. The highest BCUT2D eigenvalue weighted by Crippen LogP contribution is 2.70. The molecule has 4 aliphatic rings. The first kappa shape index (κ1) is 24.0. The zero-order chi connectivity index (χ0) is 24.4. The van der Waals surface area contributed by atoms with Crippen LogP contribution < -0.4 is 0 Å². The molecule has 0 aromatic carbocycles. The van der Waals surface area contributed by atoms with Gasteiger partial charge in [-0.05, 0) is 57.6 Å². The summed E-state index contributed by atoms with van der Waals surface area (Å²) in [7, 11) is 0. The Labute approximate surface area is 195 Å². The van der Waals surface area contributed by atoms with Gasteiger partial charge in [0.05, 0.1) is 0 Å². The van der Waals surface area contributed by atoms with Crippen molar-refractivity contribution >= 4 is 23.3 Å². The molecule has 0 N–H and O–H groups in total. The fourth-order valence-electron chi connectivity index (χ4n) is 7.85. The number of esters is 1. The topological polar surface area (TPSA) is 77.5 Å². The van der Waals surface area contributed by atoms with Crippen LogP contribution in [0.2, 0.25) is 0 Å². The van der Waals surface area contributed by atoms with E-state index in [0.717, 1.165) is 6.42 Å². The average Bonchev–Trinajstić information content (AvgIpc) is 2.96. The lowest BCUT2D eigenvalue weighted by molar-refractivity contribution is -0.201. The van der Waals surface area contributed by atoms with E-state index in [9.17, 15) is 19.2 Å². The number of hydrogen-bond donors (Lipinski definition) is 0. The molecule has 3 saturated carbocycles. The van der Waals surface area contributed by atoms with Crippen molar-refractivity contribution in [2.24, 2.45) is 28.6 Å². The quantitative estimate of drug-likeness (QED) is 0.549. The third kappa shape index (κ3) is 2.94. The van der Waals surface area contributed by atoms with Crippen LogP contribution in [-0.4, -0.2) is 34.6 Å². The number of halogens is 1. The highest BCUT2D eigenvalue weighted by atomic mass is 19.1. The van der Waals surface area contributed by atoms with E-state index in [1.54, 1.807) is 13.0 Å². The Morgan fingerprint density at radius 3 is 2.55 bits per heavy atom. The van der Waals surface area contributed by atoms with Gasteiger partial charge < -0.3 is 4.74 Å². The molecule has 0 saturated heterocycles. The molecule has 0 spiro atoms. The minimum Gasteiger partial charge on any atom is -0.450 e. The third-order valence-corrected chi connectivity index (χ3v) is 9.48. The second-order valence-electron chi connectivity index (χ2n) is 11.1. The summed E-state index contributed by atoms with van der Waals surface area (Å²) in [5.74, 6) is -2.65. The molecular weight excluding hydrogens is 423 g/mol. The molecule has 0 amide bonds. The lowest BCUT2D eigenvalue weighted by Crippen LogP contribution is -2.68. The normalized spacial score (nSPS) is 43.9. The molecule has 0 aromatic heterocycles. The van der Waals surface area contributed by atoms with Gasteiger partial charge in [-0.3, -0.25) is 19.2 Å². The number of fused-ring (bicyclic) bond motifs is 5. The van der Waals surface area contributed by atoms with Crippen LogP contribution in [0.25, 0.3) is 0 Å². The van der Waals surface area contributed by atoms with Gasteiger partial charge in [-0.2, -0.15) is 0 Å². The van der Waals surface area contributed by atoms with E-state index in [-0.39, 0.29) is 36.2 Å². The molecule has 0 radical (unpaired) electrons. The van der Waals surface area contributed by atoms with Crippen LogP contribution in [-0.2, 0) is 23.9 Å². The van der Waals surface area contributed by atoms with Crippen molar-refractivity contribution in [1.29, 1.82) is 0 Å². The molecule has 3 fully saturated rings. The van der Waals surface area contributed by atoms with Crippen molar-refractivity contribution in [3.63, 3.8) is 0 Å². The maximum Gasteiger partial charge on any atom is 0.306 e. The summed E-state index contributed by atoms with van der Waals surface area (Å²) in [4.78, 5) is 51.6. The fraction of sp³-hybridized carbons (Fsp3) is 0.704. The molecule has 0 heterocycles. The Bertz CT molecular complexity index is 981. The first-order valence-electron chi connectivity index (χ1n) is 12.3. The smallest absolute Gasteiger partial charge is 0.306 e. The van der Waals surface area contributed by atoms with Crippen LogP contribution in [0.5, 0.6) is 0 Å². The van der Waals surface area contributed by atoms with Crippen molar-refractivity contribution in [3.8, 4) is 0 Å². The predicted octanol–water partition coefficient (Wildman–Crippen LogP) is 4.87. The van der Waals surface area contributed by atoms with Gasteiger partial charge in [-0.25, -0.2) is 4.39 Å². The molecule has 0 aliphatic heterocycles. The van der Waals surface area contributed by atoms with Crippen LogP contribution in [0, 0.1) is 28.6 Å². The molecule has 0 aromatic rings. The number of hydrogen-bond acceptors (Lipinski definition) is 5. The highest BCUT2D eigenvalue weighted by Gasteiger charge is 2.77. The maximum atomic E-state index is 17.1. The summed E-state index contributed by atoms with van der Waals surface area (Å²) < 4.78 is 23.2.